The van der Waals surface area contributed by atoms with Crippen LogP contribution in [0.5, 0.6) is 0 Å². The number of amides is 2. The molecule has 146 valence electrons. The fraction of sp³-hybridized carbons (Fsp3) is 0.591. The van der Waals surface area contributed by atoms with E-state index in [1.807, 2.05) is 38.1 Å². The highest BCUT2D eigenvalue weighted by Gasteiger charge is 2.63. The number of carbonyl (C=O) groups excluding carboxylic acids is 2. The SMILES string of the molecule is CCCCc1ccc(N2C(=O)[C@@]3(C)CC(C)(C(=O)O)C[C@](C)(C3)C2=O)cc1. The van der Waals surface area contributed by atoms with Gasteiger partial charge in [0.2, 0.25) is 11.8 Å². The average Bonchev–Trinajstić information content (AvgIpc) is 2.59. The quantitative estimate of drug-likeness (QED) is 0.788. The number of anilines is 1. The van der Waals surface area contributed by atoms with Gasteiger partial charge in [-0.3, -0.25) is 14.4 Å². The minimum atomic E-state index is -1.07. The number of hydrogen-bond donors (Lipinski definition) is 1. The van der Waals surface area contributed by atoms with Gasteiger partial charge < -0.3 is 5.11 Å². The lowest BCUT2D eigenvalue weighted by Gasteiger charge is -2.55. The zero-order valence-corrected chi connectivity index (χ0v) is 16.7. The van der Waals surface area contributed by atoms with Crippen LogP contribution in [0.3, 0.4) is 0 Å². The van der Waals surface area contributed by atoms with E-state index in [0.717, 1.165) is 19.3 Å². The summed E-state index contributed by atoms with van der Waals surface area (Å²) in [6.45, 7) is 7.42. The molecule has 5 nitrogen and oxygen atoms in total. The zero-order valence-electron chi connectivity index (χ0n) is 16.7. The van der Waals surface area contributed by atoms with E-state index in [9.17, 15) is 19.5 Å². The number of carboxylic acid groups (broad SMARTS) is 1. The topological polar surface area (TPSA) is 74.7 Å². The number of piperidine rings is 1. The molecule has 1 saturated carbocycles. The number of benzene rings is 1. The summed E-state index contributed by atoms with van der Waals surface area (Å²) in [7, 11) is 0. The van der Waals surface area contributed by atoms with Crippen molar-refractivity contribution in [3.63, 3.8) is 0 Å². The van der Waals surface area contributed by atoms with Crippen molar-refractivity contribution in [2.24, 2.45) is 16.2 Å². The summed E-state index contributed by atoms with van der Waals surface area (Å²) in [5, 5.41) is 9.70. The maximum atomic E-state index is 13.3. The molecule has 1 aliphatic heterocycles. The lowest BCUT2D eigenvalue weighted by Crippen LogP contribution is -2.64. The number of carbonyl (C=O) groups is 3. The molecule has 1 aromatic carbocycles. The van der Waals surface area contributed by atoms with Crippen LogP contribution >= 0.6 is 0 Å². The first kappa shape index (κ1) is 19.6. The Morgan fingerprint density at radius 3 is 1.96 bits per heavy atom. The van der Waals surface area contributed by atoms with E-state index in [1.54, 1.807) is 6.92 Å². The molecule has 1 saturated heterocycles. The number of carboxylic acids is 1. The van der Waals surface area contributed by atoms with Gasteiger partial charge >= 0.3 is 5.97 Å². The van der Waals surface area contributed by atoms with Gasteiger partial charge in [-0.05, 0) is 56.7 Å². The van der Waals surface area contributed by atoms with Gasteiger partial charge in [-0.2, -0.15) is 0 Å². The maximum Gasteiger partial charge on any atom is 0.309 e. The number of rotatable bonds is 5. The number of hydrogen-bond acceptors (Lipinski definition) is 3. The van der Waals surface area contributed by atoms with Crippen molar-refractivity contribution in [3.8, 4) is 0 Å². The molecular formula is C22H29NO4. The Bertz CT molecular complexity index is 754. The van der Waals surface area contributed by atoms with Crippen LogP contribution in [-0.2, 0) is 20.8 Å². The first-order chi connectivity index (χ1) is 12.5. The Kier molecular flexibility index (Phi) is 4.69. The second-order valence-electron chi connectivity index (χ2n) is 9.23. The van der Waals surface area contributed by atoms with Gasteiger partial charge in [0.05, 0.1) is 11.1 Å². The molecule has 27 heavy (non-hydrogen) atoms. The largest absolute Gasteiger partial charge is 0.481 e. The Morgan fingerprint density at radius 2 is 1.52 bits per heavy atom. The van der Waals surface area contributed by atoms with Crippen molar-refractivity contribution in [3.05, 3.63) is 29.8 Å². The van der Waals surface area contributed by atoms with Crippen LogP contribution in [0.15, 0.2) is 24.3 Å². The van der Waals surface area contributed by atoms with Gasteiger partial charge in [0.25, 0.3) is 0 Å². The van der Waals surface area contributed by atoms with Crippen molar-refractivity contribution in [2.75, 3.05) is 4.90 Å². The molecule has 3 rings (SSSR count). The normalized spacial score (nSPS) is 33.3. The summed E-state index contributed by atoms with van der Waals surface area (Å²) in [4.78, 5) is 39.7. The van der Waals surface area contributed by atoms with Gasteiger partial charge in [-0.15, -0.1) is 0 Å². The fourth-order valence-electron chi connectivity index (χ4n) is 5.28. The van der Waals surface area contributed by atoms with Gasteiger partial charge in [0, 0.05) is 10.8 Å². The lowest BCUT2D eigenvalue weighted by molar-refractivity contribution is -0.167. The summed E-state index contributed by atoms with van der Waals surface area (Å²) < 4.78 is 0. The smallest absolute Gasteiger partial charge is 0.309 e. The second kappa shape index (κ2) is 6.47. The van der Waals surface area contributed by atoms with Gasteiger partial charge in [0.15, 0.2) is 0 Å². The van der Waals surface area contributed by atoms with E-state index >= 15 is 0 Å². The molecule has 0 radical (unpaired) electrons. The summed E-state index contributed by atoms with van der Waals surface area (Å²) in [6.07, 6.45) is 4.11. The van der Waals surface area contributed by atoms with Crippen molar-refractivity contribution in [1.82, 2.24) is 0 Å². The van der Waals surface area contributed by atoms with Crippen LogP contribution in [-0.4, -0.2) is 22.9 Å². The van der Waals surface area contributed by atoms with E-state index in [1.165, 1.54) is 10.5 Å². The number of aryl methyl sites for hydroxylation is 1. The third kappa shape index (κ3) is 3.17. The molecule has 1 aromatic rings. The third-order valence-corrected chi connectivity index (χ3v) is 6.31. The number of nitrogens with zero attached hydrogens (tertiary/aromatic N) is 1. The van der Waals surface area contributed by atoms with E-state index < -0.39 is 22.2 Å². The fourth-order valence-corrected chi connectivity index (χ4v) is 5.28. The summed E-state index contributed by atoms with van der Waals surface area (Å²) >= 11 is 0. The highest BCUT2D eigenvalue weighted by Crippen LogP contribution is 2.58. The van der Waals surface area contributed by atoms with Gasteiger partial charge in [-0.1, -0.05) is 39.3 Å². The van der Waals surface area contributed by atoms with Gasteiger partial charge in [0.1, 0.15) is 0 Å². The molecule has 1 aliphatic carbocycles. The van der Waals surface area contributed by atoms with E-state index in [0.29, 0.717) is 12.1 Å². The monoisotopic (exact) mass is 371 g/mol. The average molecular weight is 371 g/mol. The molecule has 1 unspecified atom stereocenters. The number of imide groups is 1. The van der Waals surface area contributed by atoms with Crippen LogP contribution in [0.1, 0.15) is 65.4 Å². The van der Waals surface area contributed by atoms with E-state index in [4.69, 9.17) is 0 Å². The predicted octanol–water partition coefficient (Wildman–Crippen LogP) is 4.19. The molecule has 3 atom stereocenters. The third-order valence-electron chi connectivity index (χ3n) is 6.31. The lowest BCUT2D eigenvalue weighted by atomic mass is 9.52. The van der Waals surface area contributed by atoms with Crippen LogP contribution in [0.2, 0.25) is 0 Å². The summed E-state index contributed by atoms with van der Waals surface area (Å²) in [6, 6.07) is 7.62. The Labute approximate surface area is 160 Å². The highest BCUT2D eigenvalue weighted by atomic mass is 16.4. The molecule has 0 spiro atoms. The van der Waals surface area contributed by atoms with Crippen molar-refractivity contribution in [1.29, 1.82) is 0 Å². The van der Waals surface area contributed by atoms with E-state index in [-0.39, 0.29) is 24.7 Å². The zero-order chi connectivity index (χ0) is 20.0. The minimum Gasteiger partial charge on any atom is -0.481 e. The first-order valence-electron chi connectivity index (χ1n) is 9.76. The Hall–Kier alpha value is -2.17. The molecule has 2 amide bonds. The molecular weight excluding hydrogens is 342 g/mol. The molecule has 5 heteroatoms. The standard InChI is InChI=1S/C22H29NO4/c1-5-6-7-15-8-10-16(11-9-15)23-17(24)20(2)12-21(3,18(23)25)14-22(4,13-20)19(26)27/h8-11H,5-7,12-14H2,1-4H3,(H,26,27)/t20-,21+,22?. The van der Waals surface area contributed by atoms with Crippen molar-refractivity contribution < 1.29 is 19.5 Å². The van der Waals surface area contributed by atoms with Crippen LogP contribution in [0, 0.1) is 16.2 Å². The second-order valence-corrected chi connectivity index (χ2v) is 9.23. The molecule has 1 N–H and O–H groups in total. The van der Waals surface area contributed by atoms with Crippen molar-refractivity contribution in [2.45, 2.75) is 66.2 Å². The highest BCUT2D eigenvalue weighted by molar-refractivity contribution is 6.20. The number of aliphatic carboxylic acids is 1. The predicted molar refractivity (Wildman–Crippen MR) is 103 cm³/mol. The van der Waals surface area contributed by atoms with Crippen molar-refractivity contribution >= 4 is 23.5 Å². The Balaban J connectivity index is 1.97. The molecule has 0 aromatic heterocycles. The number of fused-ring (bicyclic) bond motifs is 2. The van der Waals surface area contributed by atoms with E-state index in [2.05, 4.69) is 6.92 Å². The first-order valence-corrected chi connectivity index (χ1v) is 9.76. The van der Waals surface area contributed by atoms with Crippen LogP contribution in [0.25, 0.3) is 0 Å². The van der Waals surface area contributed by atoms with Gasteiger partial charge in [-0.25, -0.2) is 4.90 Å². The molecule has 2 aliphatic rings. The Morgan fingerprint density at radius 1 is 1.00 bits per heavy atom. The number of unbranched alkanes of at least 4 members (excludes halogenated alkanes) is 1. The maximum absolute atomic E-state index is 13.3. The molecule has 2 fully saturated rings. The summed E-state index contributed by atoms with van der Waals surface area (Å²) in [5.74, 6) is -1.49. The minimum absolute atomic E-state index is 0.252. The van der Waals surface area contributed by atoms with Crippen LogP contribution in [0.4, 0.5) is 5.69 Å². The molecule has 2 bridgehead atoms. The van der Waals surface area contributed by atoms with Crippen LogP contribution < -0.4 is 4.90 Å². The summed E-state index contributed by atoms with van der Waals surface area (Å²) in [5.41, 5.74) is -0.998. The molecule has 1 heterocycles.